The largest absolute Gasteiger partial charge is 0.393 e. The van der Waals surface area contributed by atoms with Crippen molar-refractivity contribution < 1.29 is 4.74 Å². The molecule has 1 heterocycles. The fourth-order valence-corrected chi connectivity index (χ4v) is 3.12. The van der Waals surface area contributed by atoms with Crippen molar-refractivity contribution in [1.82, 2.24) is 9.97 Å². The summed E-state index contributed by atoms with van der Waals surface area (Å²) in [6.45, 7) is 5.42. The van der Waals surface area contributed by atoms with Crippen molar-refractivity contribution in [3.63, 3.8) is 0 Å². The fourth-order valence-electron chi connectivity index (χ4n) is 3.12. The molecule has 1 aromatic heterocycles. The van der Waals surface area contributed by atoms with E-state index < -0.39 is 0 Å². The maximum Gasteiger partial charge on any atom is 0.161 e. The van der Waals surface area contributed by atoms with Crippen LogP contribution in [-0.2, 0) is 4.74 Å². The molecule has 3 aromatic rings. The van der Waals surface area contributed by atoms with Crippen LogP contribution >= 0.6 is 0 Å². The first-order chi connectivity index (χ1) is 12.7. The average molecular weight is 351 g/mol. The van der Waals surface area contributed by atoms with Gasteiger partial charge in [0, 0.05) is 25.1 Å². The predicted molar refractivity (Wildman–Crippen MR) is 108 cm³/mol. The number of aromatic nitrogens is 2. The van der Waals surface area contributed by atoms with Gasteiger partial charge in [-0.25, -0.2) is 9.97 Å². The number of nitrogen functional groups attached to an aromatic ring is 1. The van der Waals surface area contributed by atoms with E-state index in [0.717, 1.165) is 17.6 Å². The van der Waals surface area contributed by atoms with Gasteiger partial charge in [-0.2, -0.15) is 0 Å². The van der Waals surface area contributed by atoms with Crippen LogP contribution in [0.2, 0.25) is 0 Å². The first kappa shape index (κ1) is 17.9. The first-order valence-corrected chi connectivity index (χ1v) is 8.77. The summed E-state index contributed by atoms with van der Waals surface area (Å²) in [4.78, 5) is 10.9. The third-order valence-corrected chi connectivity index (χ3v) is 4.29. The first-order valence-electron chi connectivity index (χ1n) is 8.77. The highest BCUT2D eigenvalue weighted by atomic mass is 16.5. The monoisotopic (exact) mass is 351 g/mol. The summed E-state index contributed by atoms with van der Waals surface area (Å²) >= 11 is 0. The van der Waals surface area contributed by atoms with E-state index in [1.807, 2.05) is 19.1 Å². The van der Waals surface area contributed by atoms with Crippen LogP contribution in [0.15, 0.2) is 48.8 Å². The van der Waals surface area contributed by atoms with Crippen LogP contribution in [0.25, 0.3) is 10.8 Å². The molecule has 3 N–H and O–H groups in total. The molecule has 0 saturated carbocycles. The molecule has 0 fully saturated rings. The van der Waals surface area contributed by atoms with Crippen molar-refractivity contribution in [3.8, 4) is 0 Å². The summed E-state index contributed by atoms with van der Waals surface area (Å²) in [6, 6.07) is 14.7. The molecule has 0 saturated heterocycles. The second-order valence-electron chi connectivity index (χ2n) is 6.20. The maximum atomic E-state index is 6.42. The molecule has 0 radical (unpaired) electrons. The molecular weight excluding hydrogens is 326 g/mol. The molecule has 3 rings (SSSR count). The van der Waals surface area contributed by atoms with Gasteiger partial charge >= 0.3 is 0 Å². The number of nitrogens with zero attached hydrogens (tertiary/aromatic N) is 3. The molecule has 0 bridgehead atoms. The molecule has 0 amide bonds. The highest BCUT2D eigenvalue weighted by Gasteiger charge is 2.18. The third-order valence-electron chi connectivity index (χ3n) is 4.29. The van der Waals surface area contributed by atoms with Crippen LogP contribution in [0.3, 0.4) is 0 Å². The Morgan fingerprint density at radius 1 is 1.15 bits per heavy atom. The average Bonchev–Trinajstić information content (AvgIpc) is 2.65. The molecule has 0 aliphatic heterocycles. The number of methoxy groups -OCH3 is 1. The minimum absolute atomic E-state index is 0.0951. The number of fused-ring (bicyclic) bond motifs is 1. The van der Waals surface area contributed by atoms with Gasteiger partial charge < -0.3 is 20.7 Å². The van der Waals surface area contributed by atoms with Crippen molar-refractivity contribution in [2.45, 2.75) is 19.9 Å². The highest BCUT2D eigenvalue weighted by molar-refractivity contribution is 5.97. The van der Waals surface area contributed by atoms with Crippen LogP contribution < -0.4 is 16.0 Å². The Bertz CT molecular complexity index is 878. The Balaban J connectivity index is 2.03. The minimum Gasteiger partial charge on any atom is -0.393 e. The number of hydrogen-bond donors (Lipinski definition) is 2. The zero-order valence-corrected chi connectivity index (χ0v) is 15.4. The molecular formula is C20H25N5O. The van der Waals surface area contributed by atoms with Gasteiger partial charge in [0.15, 0.2) is 11.6 Å². The second-order valence-corrected chi connectivity index (χ2v) is 6.20. The number of ether oxygens (including phenoxy) is 1. The molecule has 1 unspecified atom stereocenters. The van der Waals surface area contributed by atoms with Crippen LogP contribution in [0.5, 0.6) is 0 Å². The third kappa shape index (κ3) is 3.55. The van der Waals surface area contributed by atoms with Crippen molar-refractivity contribution >= 4 is 33.8 Å². The van der Waals surface area contributed by atoms with Crippen LogP contribution in [0.4, 0.5) is 23.0 Å². The van der Waals surface area contributed by atoms with Gasteiger partial charge in [0.1, 0.15) is 12.0 Å². The number of rotatable bonds is 7. The van der Waals surface area contributed by atoms with Gasteiger partial charge in [-0.3, -0.25) is 0 Å². The molecule has 0 aliphatic rings. The quantitative estimate of drug-likeness (QED) is 0.674. The summed E-state index contributed by atoms with van der Waals surface area (Å²) in [5, 5.41) is 5.64. The van der Waals surface area contributed by atoms with Crippen LogP contribution in [0.1, 0.15) is 13.8 Å². The van der Waals surface area contributed by atoms with Crippen molar-refractivity contribution in [3.05, 3.63) is 48.8 Å². The molecule has 0 spiro atoms. The van der Waals surface area contributed by atoms with Gasteiger partial charge in [0.25, 0.3) is 0 Å². The lowest BCUT2D eigenvalue weighted by Crippen LogP contribution is -2.24. The van der Waals surface area contributed by atoms with Crippen molar-refractivity contribution in [2.75, 3.05) is 36.2 Å². The normalized spacial score (nSPS) is 12.1. The lowest BCUT2D eigenvalue weighted by atomic mass is 10.1. The zero-order valence-electron chi connectivity index (χ0n) is 15.4. The molecule has 26 heavy (non-hydrogen) atoms. The number of nitrogens with one attached hydrogen (secondary N) is 1. The number of benzene rings is 2. The smallest absolute Gasteiger partial charge is 0.161 e. The fraction of sp³-hybridized carbons (Fsp3) is 0.300. The van der Waals surface area contributed by atoms with Gasteiger partial charge in [0.05, 0.1) is 12.3 Å². The number of nitrogens with two attached hydrogens (primary N) is 1. The van der Waals surface area contributed by atoms with Gasteiger partial charge in [0.2, 0.25) is 0 Å². The van der Waals surface area contributed by atoms with E-state index in [4.69, 9.17) is 10.5 Å². The molecule has 2 aromatic carbocycles. The van der Waals surface area contributed by atoms with E-state index in [2.05, 4.69) is 57.4 Å². The summed E-state index contributed by atoms with van der Waals surface area (Å²) in [6.07, 6.45) is 1.54. The van der Waals surface area contributed by atoms with E-state index in [-0.39, 0.29) is 6.04 Å². The van der Waals surface area contributed by atoms with Gasteiger partial charge in [-0.05, 0) is 25.3 Å². The maximum absolute atomic E-state index is 6.42. The highest BCUT2D eigenvalue weighted by Crippen LogP contribution is 2.35. The number of anilines is 4. The van der Waals surface area contributed by atoms with E-state index in [1.165, 1.54) is 5.39 Å². The zero-order chi connectivity index (χ0) is 18.5. The Kier molecular flexibility index (Phi) is 5.53. The molecule has 1 atom stereocenters. The van der Waals surface area contributed by atoms with E-state index >= 15 is 0 Å². The Labute approximate surface area is 154 Å². The van der Waals surface area contributed by atoms with Gasteiger partial charge in [-0.15, -0.1) is 0 Å². The summed E-state index contributed by atoms with van der Waals surface area (Å²) in [5.74, 6) is 1.32. The minimum atomic E-state index is 0.0951. The molecule has 136 valence electrons. The Morgan fingerprint density at radius 2 is 1.92 bits per heavy atom. The lowest BCUT2D eigenvalue weighted by molar-refractivity contribution is 0.190. The Hall–Kier alpha value is -2.86. The Morgan fingerprint density at radius 3 is 2.69 bits per heavy atom. The molecule has 6 nitrogen and oxygen atoms in total. The van der Waals surface area contributed by atoms with Crippen LogP contribution in [-0.4, -0.2) is 36.3 Å². The predicted octanol–water partition coefficient (Wildman–Crippen LogP) is 3.82. The van der Waals surface area contributed by atoms with Crippen molar-refractivity contribution in [2.24, 2.45) is 0 Å². The van der Waals surface area contributed by atoms with Crippen molar-refractivity contribution in [1.29, 1.82) is 0 Å². The molecule has 6 heteroatoms. The van der Waals surface area contributed by atoms with E-state index in [1.54, 1.807) is 13.4 Å². The van der Waals surface area contributed by atoms with Gasteiger partial charge in [-0.1, -0.05) is 36.4 Å². The summed E-state index contributed by atoms with van der Waals surface area (Å²) < 4.78 is 5.17. The summed E-state index contributed by atoms with van der Waals surface area (Å²) in [5.41, 5.74) is 8.02. The summed E-state index contributed by atoms with van der Waals surface area (Å²) in [7, 11) is 1.67. The number of hydrogen-bond acceptors (Lipinski definition) is 6. The molecule has 0 aliphatic carbocycles. The SMILES string of the molecule is CCN(c1ncnc(NC(C)COC)c1N)c1cccc2ccccc12. The topological polar surface area (TPSA) is 76.3 Å². The lowest BCUT2D eigenvalue weighted by Gasteiger charge is -2.26. The standard InChI is InChI=1S/C20H25N5O/c1-4-25(17-11-7-9-15-8-5-6-10-16(15)17)20-18(21)19(22-13-23-20)24-14(2)12-26-3/h5-11,13-14H,4,12,21H2,1-3H3,(H,22,23,24). The van der Waals surface area contributed by atoms with E-state index in [0.29, 0.717) is 23.9 Å². The van der Waals surface area contributed by atoms with Crippen LogP contribution in [0, 0.1) is 0 Å². The second kappa shape index (κ2) is 8.01. The van der Waals surface area contributed by atoms with E-state index in [9.17, 15) is 0 Å².